The number of nitro groups is 1. The van der Waals surface area contributed by atoms with Crippen LogP contribution in [0.3, 0.4) is 0 Å². The van der Waals surface area contributed by atoms with Gasteiger partial charge < -0.3 is 0 Å². The molecule has 0 N–H and O–H groups in total. The van der Waals surface area contributed by atoms with Crippen molar-refractivity contribution in [3.63, 3.8) is 0 Å². The SMILES string of the molecule is O=C(C=Cc1cccc([N+](=O)[O-])c1)Cc1cnc2ccccc2c1. The third kappa shape index (κ3) is 3.70. The highest BCUT2D eigenvalue weighted by molar-refractivity contribution is 5.95. The Kier molecular flexibility index (Phi) is 4.43. The largest absolute Gasteiger partial charge is 0.294 e. The number of hydrogen-bond donors (Lipinski definition) is 0. The molecule has 0 atom stereocenters. The molecule has 0 aliphatic rings. The average molecular weight is 318 g/mol. The lowest BCUT2D eigenvalue weighted by Crippen LogP contribution is -1.99. The molecule has 0 radical (unpaired) electrons. The number of benzene rings is 2. The molecule has 118 valence electrons. The number of rotatable bonds is 5. The fourth-order valence-corrected chi connectivity index (χ4v) is 2.40. The molecule has 5 nitrogen and oxygen atoms in total. The predicted octanol–water partition coefficient (Wildman–Crippen LogP) is 3.97. The lowest BCUT2D eigenvalue weighted by molar-refractivity contribution is -0.384. The number of para-hydroxylation sites is 1. The fourth-order valence-electron chi connectivity index (χ4n) is 2.40. The van der Waals surface area contributed by atoms with Gasteiger partial charge in [0.1, 0.15) is 0 Å². The molecule has 0 saturated heterocycles. The molecule has 0 amide bonds. The Morgan fingerprint density at radius 1 is 1.12 bits per heavy atom. The number of allylic oxidation sites excluding steroid dienone is 1. The van der Waals surface area contributed by atoms with Crippen molar-refractivity contribution in [3.8, 4) is 0 Å². The van der Waals surface area contributed by atoms with Gasteiger partial charge in [0.15, 0.2) is 5.78 Å². The summed E-state index contributed by atoms with van der Waals surface area (Å²) in [5.41, 5.74) is 2.35. The minimum Gasteiger partial charge on any atom is -0.294 e. The van der Waals surface area contributed by atoms with Gasteiger partial charge in [0.2, 0.25) is 0 Å². The molecule has 2 aromatic carbocycles. The first-order valence-electron chi connectivity index (χ1n) is 7.41. The van der Waals surface area contributed by atoms with Crippen molar-refractivity contribution >= 4 is 28.4 Å². The molecule has 0 bridgehead atoms. The monoisotopic (exact) mass is 318 g/mol. The van der Waals surface area contributed by atoms with Gasteiger partial charge in [0.25, 0.3) is 5.69 Å². The van der Waals surface area contributed by atoms with E-state index in [2.05, 4.69) is 4.98 Å². The van der Waals surface area contributed by atoms with E-state index >= 15 is 0 Å². The molecule has 1 heterocycles. The number of hydrogen-bond acceptors (Lipinski definition) is 4. The number of carbonyl (C=O) groups excluding carboxylic acids is 1. The number of pyridine rings is 1. The van der Waals surface area contributed by atoms with Crippen LogP contribution in [0.5, 0.6) is 0 Å². The van der Waals surface area contributed by atoms with Crippen LogP contribution in [0.15, 0.2) is 66.9 Å². The van der Waals surface area contributed by atoms with Crippen molar-refractivity contribution in [2.75, 3.05) is 0 Å². The van der Waals surface area contributed by atoms with Crippen molar-refractivity contribution in [1.29, 1.82) is 0 Å². The van der Waals surface area contributed by atoms with Crippen molar-refractivity contribution < 1.29 is 9.72 Å². The molecule has 0 spiro atoms. The van der Waals surface area contributed by atoms with Crippen molar-refractivity contribution in [2.24, 2.45) is 0 Å². The summed E-state index contributed by atoms with van der Waals surface area (Å²) in [6, 6.07) is 15.8. The van der Waals surface area contributed by atoms with Crippen LogP contribution < -0.4 is 0 Å². The van der Waals surface area contributed by atoms with E-state index in [9.17, 15) is 14.9 Å². The quantitative estimate of drug-likeness (QED) is 0.405. The third-order valence-corrected chi connectivity index (χ3v) is 3.57. The minimum absolute atomic E-state index is 0.00308. The summed E-state index contributed by atoms with van der Waals surface area (Å²) < 4.78 is 0. The molecule has 0 aliphatic carbocycles. The number of carbonyl (C=O) groups is 1. The van der Waals surface area contributed by atoms with Crippen LogP contribution in [0.2, 0.25) is 0 Å². The second-order valence-corrected chi connectivity index (χ2v) is 5.36. The zero-order valence-corrected chi connectivity index (χ0v) is 12.8. The van der Waals surface area contributed by atoms with Crippen LogP contribution in [0.1, 0.15) is 11.1 Å². The lowest BCUT2D eigenvalue weighted by Gasteiger charge is -2.01. The van der Waals surface area contributed by atoms with Gasteiger partial charge in [-0.15, -0.1) is 0 Å². The summed E-state index contributed by atoms with van der Waals surface area (Å²) in [6.07, 6.45) is 4.96. The normalized spacial score (nSPS) is 11.0. The van der Waals surface area contributed by atoms with E-state index in [1.807, 2.05) is 30.3 Å². The molecule has 0 saturated carbocycles. The van der Waals surface area contributed by atoms with Gasteiger partial charge in [-0.25, -0.2) is 0 Å². The van der Waals surface area contributed by atoms with Gasteiger partial charge >= 0.3 is 0 Å². The first-order chi connectivity index (χ1) is 11.6. The predicted molar refractivity (Wildman–Crippen MR) is 92.6 cm³/mol. The standard InChI is InChI=1S/C19H14N2O3/c22-18(9-8-14-4-3-6-17(11-14)21(23)24)12-15-10-16-5-1-2-7-19(16)20-13-15/h1-11,13H,12H2. The van der Waals surface area contributed by atoms with E-state index in [4.69, 9.17) is 0 Å². The van der Waals surface area contributed by atoms with Gasteiger partial charge in [-0.3, -0.25) is 19.9 Å². The Morgan fingerprint density at radius 2 is 1.96 bits per heavy atom. The van der Waals surface area contributed by atoms with Gasteiger partial charge in [-0.2, -0.15) is 0 Å². The molecular weight excluding hydrogens is 304 g/mol. The van der Waals surface area contributed by atoms with E-state index < -0.39 is 4.92 Å². The first-order valence-corrected chi connectivity index (χ1v) is 7.41. The van der Waals surface area contributed by atoms with Crippen molar-refractivity contribution in [3.05, 3.63) is 88.1 Å². The van der Waals surface area contributed by atoms with Crippen LogP contribution in [0.25, 0.3) is 17.0 Å². The molecule has 3 aromatic rings. The maximum absolute atomic E-state index is 12.1. The van der Waals surface area contributed by atoms with Crippen LogP contribution >= 0.6 is 0 Å². The Hall–Kier alpha value is -3.34. The second-order valence-electron chi connectivity index (χ2n) is 5.36. The highest BCUT2D eigenvalue weighted by Crippen LogP contribution is 2.15. The van der Waals surface area contributed by atoms with Gasteiger partial charge in [0, 0.05) is 30.1 Å². The van der Waals surface area contributed by atoms with Crippen LogP contribution in [0.4, 0.5) is 5.69 Å². The average Bonchev–Trinajstić information content (AvgIpc) is 2.60. The van der Waals surface area contributed by atoms with Crippen LogP contribution in [-0.2, 0) is 11.2 Å². The highest BCUT2D eigenvalue weighted by Gasteiger charge is 2.05. The fraction of sp³-hybridized carbons (Fsp3) is 0.0526. The van der Waals surface area contributed by atoms with Gasteiger partial charge in [-0.1, -0.05) is 36.4 Å². The van der Waals surface area contributed by atoms with E-state index in [1.54, 1.807) is 24.4 Å². The maximum Gasteiger partial charge on any atom is 0.270 e. The number of nitrogens with zero attached hydrogens (tertiary/aromatic N) is 2. The maximum atomic E-state index is 12.1. The smallest absolute Gasteiger partial charge is 0.270 e. The summed E-state index contributed by atoms with van der Waals surface area (Å²) >= 11 is 0. The Bertz CT molecular complexity index is 948. The molecular formula is C19H14N2O3. The van der Waals surface area contributed by atoms with E-state index in [0.717, 1.165) is 16.5 Å². The summed E-state index contributed by atoms with van der Waals surface area (Å²) in [7, 11) is 0. The number of aromatic nitrogens is 1. The van der Waals surface area contributed by atoms with E-state index in [0.29, 0.717) is 5.56 Å². The lowest BCUT2D eigenvalue weighted by atomic mass is 10.1. The number of nitro benzene ring substituents is 1. The highest BCUT2D eigenvalue weighted by atomic mass is 16.6. The molecule has 3 rings (SSSR count). The summed E-state index contributed by atoms with van der Waals surface area (Å²) in [6.45, 7) is 0. The second kappa shape index (κ2) is 6.83. The zero-order valence-electron chi connectivity index (χ0n) is 12.8. The van der Waals surface area contributed by atoms with E-state index in [1.165, 1.54) is 18.2 Å². The van der Waals surface area contributed by atoms with Gasteiger partial charge in [-0.05, 0) is 29.3 Å². The Morgan fingerprint density at radius 3 is 2.79 bits per heavy atom. The molecule has 5 heteroatoms. The molecule has 24 heavy (non-hydrogen) atoms. The first kappa shape index (κ1) is 15.6. The van der Waals surface area contributed by atoms with Crippen LogP contribution in [0, 0.1) is 10.1 Å². The minimum atomic E-state index is -0.458. The third-order valence-electron chi connectivity index (χ3n) is 3.57. The number of ketones is 1. The Balaban J connectivity index is 1.72. The van der Waals surface area contributed by atoms with Crippen molar-refractivity contribution in [1.82, 2.24) is 4.98 Å². The summed E-state index contributed by atoms with van der Waals surface area (Å²) in [5.74, 6) is -0.0846. The van der Waals surface area contributed by atoms with Crippen molar-refractivity contribution in [2.45, 2.75) is 6.42 Å². The molecule has 1 aromatic heterocycles. The zero-order chi connectivity index (χ0) is 16.9. The van der Waals surface area contributed by atoms with Crippen LogP contribution in [-0.4, -0.2) is 15.7 Å². The molecule has 0 unspecified atom stereocenters. The number of non-ortho nitro benzene ring substituents is 1. The summed E-state index contributed by atoms with van der Waals surface area (Å²) in [5, 5.41) is 11.7. The molecule has 0 aliphatic heterocycles. The van der Waals surface area contributed by atoms with Gasteiger partial charge in [0.05, 0.1) is 10.4 Å². The molecule has 0 fully saturated rings. The Labute approximate surface area is 138 Å². The topological polar surface area (TPSA) is 73.1 Å². The number of fused-ring (bicyclic) bond motifs is 1. The summed E-state index contributed by atoms with van der Waals surface area (Å²) in [4.78, 5) is 26.7. The van der Waals surface area contributed by atoms with E-state index in [-0.39, 0.29) is 17.9 Å².